The van der Waals surface area contributed by atoms with Gasteiger partial charge in [-0.05, 0) is 43.5 Å². The van der Waals surface area contributed by atoms with E-state index in [4.69, 9.17) is 0 Å². The molecule has 0 bridgehead atoms. The van der Waals surface area contributed by atoms with Gasteiger partial charge in [-0.15, -0.1) is 0 Å². The third-order valence-corrected chi connectivity index (χ3v) is 3.30. The van der Waals surface area contributed by atoms with Gasteiger partial charge in [0.15, 0.2) is 0 Å². The van der Waals surface area contributed by atoms with Crippen LogP contribution in [0.2, 0.25) is 0 Å². The van der Waals surface area contributed by atoms with Crippen LogP contribution in [0.5, 0.6) is 0 Å². The maximum atomic E-state index is 4.17. The van der Waals surface area contributed by atoms with E-state index in [1.807, 2.05) is 18.5 Å². The molecule has 1 saturated heterocycles. The van der Waals surface area contributed by atoms with Gasteiger partial charge in [-0.1, -0.05) is 15.9 Å². The number of hydrogen-bond acceptors (Lipinski definition) is 2. The van der Waals surface area contributed by atoms with E-state index in [2.05, 4.69) is 26.2 Å². The highest BCUT2D eigenvalue weighted by Gasteiger charge is 2.16. The Morgan fingerprint density at radius 3 is 2.85 bits per heavy atom. The summed E-state index contributed by atoms with van der Waals surface area (Å²) in [5.41, 5.74) is 1.36. The first-order chi connectivity index (χ1) is 6.38. The molecule has 0 spiro atoms. The molecule has 0 radical (unpaired) electrons. The Bertz CT molecular complexity index is 282. The molecular weight excluding hydrogens is 228 g/mol. The van der Waals surface area contributed by atoms with Crippen molar-refractivity contribution in [1.82, 2.24) is 10.3 Å². The van der Waals surface area contributed by atoms with E-state index in [-0.39, 0.29) is 0 Å². The molecule has 0 atom stereocenters. The number of rotatable bonds is 1. The largest absolute Gasteiger partial charge is 0.317 e. The van der Waals surface area contributed by atoms with Crippen LogP contribution < -0.4 is 5.32 Å². The topological polar surface area (TPSA) is 24.9 Å². The Hall–Kier alpha value is -0.410. The van der Waals surface area contributed by atoms with Gasteiger partial charge >= 0.3 is 0 Å². The molecule has 3 heteroatoms. The van der Waals surface area contributed by atoms with Gasteiger partial charge in [0, 0.05) is 16.9 Å². The number of hydrogen-bond donors (Lipinski definition) is 1. The van der Waals surface area contributed by atoms with E-state index < -0.39 is 0 Å². The number of nitrogens with one attached hydrogen (secondary N) is 1. The molecule has 2 rings (SSSR count). The predicted octanol–water partition coefficient (Wildman–Crippen LogP) is 2.31. The lowest BCUT2D eigenvalue weighted by Crippen LogP contribution is -2.26. The fourth-order valence-corrected chi connectivity index (χ4v) is 2.37. The molecule has 0 unspecified atom stereocenters. The minimum absolute atomic E-state index is 0.685. The van der Waals surface area contributed by atoms with E-state index in [1.165, 1.54) is 22.9 Å². The maximum Gasteiger partial charge on any atom is 0.0313 e. The monoisotopic (exact) mass is 240 g/mol. The van der Waals surface area contributed by atoms with Gasteiger partial charge in [0.25, 0.3) is 0 Å². The molecule has 1 aliphatic heterocycles. The average molecular weight is 241 g/mol. The Morgan fingerprint density at radius 1 is 1.38 bits per heavy atom. The molecular formula is C10H13BrN2. The van der Waals surface area contributed by atoms with Crippen molar-refractivity contribution in [2.24, 2.45) is 0 Å². The Balaban J connectivity index is 2.18. The van der Waals surface area contributed by atoms with Crippen LogP contribution in [0, 0.1) is 0 Å². The molecule has 70 valence electrons. The number of pyridine rings is 1. The van der Waals surface area contributed by atoms with Crippen LogP contribution in [-0.2, 0) is 0 Å². The van der Waals surface area contributed by atoms with Gasteiger partial charge in [0.05, 0.1) is 0 Å². The second-order valence-corrected chi connectivity index (χ2v) is 4.28. The van der Waals surface area contributed by atoms with Crippen LogP contribution in [0.1, 0.15) is 24.3 Å². The summed E-state index contributed by atoms with van der Waals surface area (Å²) in [5, 5.41) is 3.37. The number of piperidine rings is 1. The van der Waals surface area contributed by atoms with Crippen LogP contribution in [-0.4, -0.2) is 18.1 Å². The second-order valence-electron chi connectivity index (χ2n) is 3.42. The molecule has 2 heterocycles. The van der Waals surface area contributed by atoms with Crippen molar-refractivity contribution in [2.45, 2.75) is 18.8 Å². The van der Waals surface area contributed by atoms with Crippen molar-refractivity contribution < 1.29 is 0 Å². The summed E-state index contributed by atoms with van der Waals surface area (Å²) in [4.78, 5) is 4.17. The maximum absolute atomic E-state index is 4.17. The molecule has 2 nitrogen and oxygen atoms in total. The fraction of sp³-hybridized carbons (Fsp3) is 0.500. The van der Waals surface area contributed by atoms with Crippen LogP contribution in [0.4, 0.5) is 0 Å². The lowest BCUT2D eigenvalue weighted by molar-refractivity contribution is 0.458. The normalized spacial score (nSPS) is 18.8. The summed E-state index contributed by atoms with van der Waals surface area (Å²) in [6, 6.07) is 2.03. The number of nitrogens with zero attached hydrogens (tertiary/aromatic N) is 1. The molecule has 0 amide bonds. The highest BCUT2D eigenvalue weighted by Crippen LogP contribution is 2.29. The zero-order valence-electron chi connectivity index (χ0n) is 7.46. The molecule has 1 aliphatic rings. The molecule has 0 aliphatic carbocycles. The highest BCUT2D eigenvalue weighted by atomic mass is 79.9. The molecule has 0 aromatic carbocycles. The lowest BCUT2D eigenvalue weighted by Gasteiger charge is -2.23. The zero-order valence-corrected chi connectivity index (χ0v) is 9.05. The Kier molecular flexibility index (Phi) is 2.96. The minimum Gasteiger partial charge on any atom is -0.317 e. The van der Waals surface area contributed by atoms with Gasteiger partial charge in [0.2, 0.25) is 0 Å². The SMILES string of the molecule is Brc1ccncc1C1CCNCC1. The molecule has 13 heavy (non-hydrogen) atoms. The molecule has 1 aromatic heterocycles. The van der Waals surface area contributed by atoms with Gasteiger partial charge in [-0.2, -0.15) is 0 Å². The van der Waals surface area contributed by atoms with Gasteiger partial charge in [-0.25, -0.2) is 0 Å². The summed E-state index contributed by atoms with van der Waals surface area (Å²) in [6.45, 7) is 2.26. The molecule has 1 fully saturated rings. The summed E-state index contributed by atoms with van der Waals surface area (Å²) in [7, 11) is 0. The Labute approximate surface area is 86.9 Å². The van der Waals surface area contributed by atoms with Crippen LogP contribution in [0.3, 0.4) is 0 Å². The average Bonchev–Trinajstić information content (AvgIpc) is 2.20. The first kappa shape index (κ1) is 9.16. The van der Waals surface area contributed by atoms with Crippen molar-refractivity contribution in [1.29, 1.82) is 0 Å². The smallest absolute Gasteiger partial charge is 0.0313 e. The van der Waals surface area contributed by atoms with Crippen molar-refractivity contribution in [2.75, 3.05) is 13.1 Å². The quantitative estimate of drug-likeness (QED) is 0.816. The third kappa shape index (κ3) is 2.09. The molecule has 1 aromatic rings. The van der Waals surface area contributed by atoms with E-state index >= 15 is 0 Å². The first-order valence-electron chi connectivity index (χ1n) is 4.68. The van der Waals surface area contributed by atoms with E-state index in [0.717, 1.165) is 13.1 Å². The predicted molar refractivity (Wildman–Crippen MR) is 56.8 cm³/mol. The van der Waals surface area contributed by atoms with Crippen LogP contribution in [0.25, 0.3) is 0 Å². The standard InChI is InChI=1S/C10H13BrN2/c11-10-3-6-13-7-9(10)8-1-4-12-5-2-8/h3,6-8,12H,1-2,4-5H2. The third-order valence-electron chi connectivity index (χ3n) is 2.58. The van der Waals surface area contributed by atoms with Crippen LogP contribution >= 0.6 is 15.9 Å². The van der Waals surface area contributed by atoms with Gasteiger partial charge < -0.3 is 5.32 Å². The number of aromatic nitrogens is 1. The van der Waals surface area contributed by atoms with Gasteiger partial charge in [-0.3, -0.25) is 4.98 Å². The summed E-state index contributed by atoms with van der Waals surface area (Å²) >= 11 is 3.57. The molecule has 1 N–H and O–H groups in total. The van der Waals surface area contributed by atoms with Crippen LogP contribution in [0.15, 0.2) is 22.9 Å². The van der Waals surface area contributed by atoms with Crippen molar-refractivity contribution >= 4 is 15.9 Å². The van der Waals surface area contributed by atoms with Crippen molar-refractivity contribution in [3.05, 3.63) is 28.5 Å². The van der Waals surface area contributed by atoms with E-state index in [1.54, 1.807) is 0 Å². The minimum atomic E-state index is 0.685. The summed E-state index contributed by atoms with van der Waals surface area (Å²) in [6.07, 6.45) is 6.27. The van der Waals surface area contributed by atoms with Crippen molar-refractivity contribution in [3.63, 3.8) is 0 Å². The van der Waals surface area contributed by atoms with E-state index in [9.17, 15) is 0 Å². The highest BCUT2D eigenvalue weighted by molar-refractivity contribution is 9.10. The summed E-state index contributed by atoms with van der Waals surface area (Å²) in [5.74, 6) is 0.685. The Morgan fingerprint density at radius 2 is 2.15 bits per heavy atom. The summed E-state index contributed by atoms with van der Waals surface area (Å²) < 4.78 is 1.20. The lowest BCUT2D eigenvalue weighted by atomic mass is 9.91. The van der Waals surface area contributed by atoms with Crippen molar-refractivity contribution in [3.8, 4) is 0 Å². The number of halogens is 1. The second kappa shape index (κ2) is 4.20. The fourth-order valence-electron chi connectivity index (χ4n) is 1.82. The zero-order chi connectivity index (χ0) is 9.10. The molecule has 0 saturated carbocycles. The van der Waals surface area contributed by atoms with E-state index in [0.29, 0.717) is 5.92 Å². The first-order valence-corrected chi connectivity index (χ1v) is 5.47. The van der Waals surface area contributed by atoms with Gasteiger partial charge in [0.1, 0.15) is 0 Å².